The number of aliphatic hydroxyl groups is 1. The number of rotatable bonds is 1. The Kier molecular flexibility index (Phi) is 6.22. The van der Waals surface area contributed by atoms with E-state index in [0.717, 1.165) is 6.54 Å². The Balaban J connectivity index is 0.000000810. The average molecular weight is 218 g/mol. The van der Waals surface area contributed by atoms with Crippen LogP contribution in [0.3, 0.4) is 0 Å². The summed E-state index contributed by atoms with van der Waals surface area (Å²) in [6, 6.07) is 0. The molecule has 1 aliphatic heterocycles. The van der Waals surface area contributed by atoms with Gasteiger partial charge in [0.1, 0.15) is 0 Å². The predicted octanol–water partition coefficient (Wildman–Crippen LogP) is 0.318. The summed E-state index contributed by atoms with van der Waals surface area (Å²) >= 11 is 0. The standard InChI is InChI=1S/C7H15NO.Y/c1-8-4-2-3-7(5-8)6-9;/h7,9H,2-6H2,1H3;. The molecule has 0 aliphatic carbocycles. The fourth-order valence-corrected chi connectivity index (χ4v) is 1.42. The zero-order chi connectivity index (χ0) is 6.69. The average Bonchev–Trinajstić information content (AvgIpc) is 1.88. The summed E-state index contributed by atoms with van der Waals surface area (Å²) in [4.78, 5) is 2.28. The molecular weight excluding hydrogens is 203 g/mol. The van der Waals surface area contributed by atoms with E-state index in [9.17, 15) is 0 Å². The predicted molar refractivity (Wildman–Crippen MR) is 37.3 cm³/mol. The summed E-state index contributed by atoms with van der Waals surface area (Å²) < 4.78 is 0. The first kappa shape index (κ1) is 11.0. The van der Waals surface area contributed by atoms with Gasteiger partial charge in [-0.1, -0.05) is 0 Å². The maximum absolute atomic E-state index is 8.78. The molecular formula is C7H15NOY. The number of likely N-dealkylation sites (tertiary alicyclic amines) is 1. The van der Waals surface area contributed by atoms with Gasteiger partial charge >= 0.3 is 0 Å². The van der Waals surface area contributed by atoms with Crippen molar-refractivity contribution in [3.8, 4) is 0 Å². The van der Waals surface area contributed by atoms with Crippen LogP contribution < -0.4 is 0 Å². The molecule has 1 heterocycles. The number of aliphatic hydroxyl groups excluding tert-OH is 1. The van der Waals surface area contributed by atoms with Crippen LogP contribution >= 0.6 is 0 Å². The molecule has 2 nitrogen and oxygen atoms in total. The number of hydrogen-bond donors (Lipinski definition) is 1. The van der Waals surface area contributed by atoms with Crippen LogP contribution in [0.5, 0.6) is 0 Å². The summed E-state index contributed by atoms with van der Waals surface area (Å²) in [6.07, 6.45) is 2.46. The van der Waals surface area contributed by atoms with Gasteiger partial charge in [-0.3, -0.25) is 0 Å². The molecule has 1 aliphatic rings. The molecule has 57 valence electrons. The summed E-state index contributed by atoms with van der Waals surface area (Å²) in [6.45, 7) is 2.65. The van der Waals surface area contributed by atoms with E-state index in [-0.39, 0.29) is 32.7 Å². The summed E-state index contributed by atoms with van der Waals surface area (Å²) in [5.41, 5.74) is 0. The van der Waals surface area contributed by atoms with Gasteiger partial charge in [0.25, 0.3) is 0 Å². The van der Waals surface area contributed by atoms with Gasteiger partial charge in [-0.25, -0.2) is 0 Å². The van der Waals surface area contributed by atoms with Crippen molar-refractivity contribution in [2.24, 2.45) is 5.92 Å². The van der Waals surface area contributed by atoms with E-state index in [1.807, 2.05) is 0 Å². The monoisotopic (exact) mass is 218 g/mol. The molecule has 0 spiro atoms. The molecule has 1 unspecified atom stereocenters. The van der Waals surface area contributed by atoms with Crippen LogP contribution in [0, 0.1) is 5.92 Å². The maximum Gasteiger partial charge on any atom is 0.0471 e. The van der Waals surface area contributed by atoms with Crippen molar-refractivity contribution < 1.29 is 37.8 Å². The topological polar surface area (TPSA) is 23.5 Å². The van der Waals surface area contributed by atoms with Gasteiger partial charge in [0, 0.05) is 45.9 Å². The number of hydrogen-bond acceptors (Lipinski definition) is 2. The van der Waals surface area contributed by atoms with Crippen LogP contribution in [-0.2, 0) is 32.7 Å². The van der Waals surface area contributed by atoms with Crippen molar-refractivity contribution in [3.05, 3.63) is 0 Å². The minimum Gasteiger partial charge on any atom is -0.396 e. The van der Waals surface area contributed by atoms with E-state index in [4.69, 9.17) is 5.11 Å². The van der Waals surface area contributed by atoms with Crippen LogP contribution in [0.25, 0.3) is 0 Å². The number of nitrogens with zero attached hydrogens (tertiary/aromatic N) is 1. The molecule has 0 aromatic carbocycles. The minimum absolute atomic E-state index is 0. The quantitative estimate of drug-likeness (QED) is 0.685. The molecule has 10 heavy (non-hydrogen) atoms. The molecule has 1 N–H and O–H groups in total. The SMILES string of the molecule is CN1CCCC(CO)C1.[Y]. The van der Waals surface area contributed by atoms with Gasteiger partial charge in [-0.15, -0.1) is 0 Å². The van der Waals surface area contributed by atoms with Gasteiger partial charge in [0.2, 0.25) is 0 Å². The Morgan fingerprint density at radius 2 is 2.30 bits per heavy atom. The van der Waals surface area contributed by atoms with Crippen LogP contribution in [-0.4, -0.2) is 36.8 Å². The van der Waals surface area contributed by atoms with Crippen LogP contribution in [0.1, 0.15) is 12.8 Å². The first-order chi connectivity index (χ1) is 4.33. The van der Waals surface area contributed by atoms with Crippen molar-refractivity contribution in [2.45, 2.75) is 12.8 Å². The van der Waals surface area contributed by atoms with Gasteiger partial charge in [-0.05, 0) is 32.4 Å². The van der Waals surface area contributed by atoms with E-state index in [1.165, 1.54) is 19.4 Å². The summed E-state index contributed by atoms with van der Waals surface area (Å²) in [7, 11) is 2.11. The van der Waals surface area contributed by atoms with Crippen molar-refractivity contribution in [3.63, 3.8) is 0 Å². The van der Waals surface area contributed by atoms with Crippen LogP contribution in [0.4, 0.5) is 0 Å². The van der Waals surface area contributed by atoms with E-state index >= 15 is 0 Å². The Labute approximate surface area is 87.9 Å². The van der Waals surface area contributed by atoms with Gasteiger partial charge in [0.15, 0.2) is 0 Å². The van der Waals surface area contributed by atoms with Crippen molar-refractivity contribution in [1.29, 1.82) is 0 Å². The largest absolute Gasteiger partial charge is 0.396 e. The zero-order valence-corrected chi connectivity index (χ0v) is 9.42. The summed E-state index contributed by atoms with van der Waals surface area (Å²) in [5.74, 6) is 0.545. The maximum atomic E-state index is 8.78. The molecule has 0 bridgehead atoms. The molecule has 1 rings (SSSR count). The first-order valence-electron chi connectivity index (χ1n) is 3.62. The van der Waals surface area contributed by atoms with E-state index in [2.05, 4.69) is 11.9 Å². The fourth-order valence-electron chi connectivity index (χ4n) is 1.42. The van der Waals surface area contributed by atoms with Crippen LogP contribution in [0.2, 0.25) is 0 Å². The molecule has 3 heteroatoms. The smallest absolute Gasteiger partial charge is 0.0471 e. The second kappa shape index (κ2) is 5.65. The van der Waals surface area contributed by atoms with Crippen molar-refractivity contribution >= 4 is 0 Å². The Morgan fingerprint density at radius 3 is 2.70 bits per heavy atom. The zero-order valence-electron chi connectivity index (χ0n) is 6.58. The van der Waals surface area contributed by atoms with Crippen molar-refractivity contribution in [2.75, 3.05) is 26.7 Å². The Morgan fingerprint density at radius 1 is 1.60 bits per heavy atom. The molecule has 0 aromatic heterocycles. The van der Waals surface area contributed by atoms with E-state index in [1.54, 1.807) is 0 Å². The molecule has 0 saturated carbocycles. The normalized spacial score (nSPS) is 27.6. The molecule has 1 radical (unpaired) electrons. The molecule has 1 fully saturated rings. The third-order valence-corrected chi connectivity index (χ3v) is 1.98. The van der Waals surface area contributed by atoms with Crippen LogP contribution in [0.15, 0.2) is 0 Å². The first-order valence-corrected chi connectivity index (χ1v) is 3.62. The molecule has 1 saturated heterocycles. The third kappa shape index (κ3) is 3.43. The molecule has 0 aromatic rings. The summed E-state index contributed by atoms with van der Waals surface area (Å²) in [5, 5.41) is 8.78. The fraction of sp³-hybridized carbons (Fsp3) is 1.00. The third-order valence-electron chi connectivity index (χ3n) is 1.98. The second-order valence-electron chi connectivity index (χ2n) is 2.95. The number of piperidine rings is 1. The minimum atomic E-state index is 0. The van der Waals surface area contributed by atoms with Gasteiger partial charge in [-0.2, -0.15) is 0 Å². The second-order valence-corrected chi connectivity index (χ2v) is 2.95. The van der Waals surface area contributed by atoms with Crippen molar-refractivity contribution in [1.82, 2.24) is 4.90 Å². The van der Waals surface area contributed by atoms with E-state index < -0.39 is 0 Å². The van der Waals surface area contributed by atoms with E-state index in [0.29, 0.717) is 12.5 Å². The Hall–Kier alpha value is 1.02. The van der Waals surface area contributed by atoms with Gasteiger partial charge in [0.05, 0.1) is 0 Å². The van der Waals surface area contributed by atoms with Gasteiger partial charge < -0.3 is 10.0 Å². The molecule has 1 atom stereocenters. The molecule has 0 amide bonds. The Bertz CT molecular complexity index is 89.7.